The average Bonchev–Trinajstić information content (AvgIpc) is 2.99. The molecule has 238 valence electrons. The van der Waals surface area contributed by atoms with E-state index in [9.17, 15) is 18.4 Å². The van der Waals surface area contributed by atoms with Gasteiger partial charge >= 0.3 is 5.97 Å². The van der Waals surface area contributed by atoms with Crippen molar-refractivity contribution in [2.45, 2.75) is 47.0 Å². The molecule has 0 aromatic heterocycles. The second-order valence-corrected chi connectivity index (χ2v) is 11.7. The van der Waals surface area contributed by atoms with Gasteiger partial charge in [0, 0.05) is 46.6 Å². The van der Waals surface area contributed by atoms with Crippen LogP contribution in [-0.4, -0.2) is 36.0 Å². The van der Waals surface area contributed by atoms with Crippen LogP contribution in [0.3, 0.4) is 0 Å². The number of amides is 1. The molecule has 0 saturated carbocycles. The molecule has 4 aromatic rings. The molecule has 0 unspecified atom stereocenters. The normalized spacial score (nSPS) is 10.5. The number of aryl methyl sites for hydroxylation is 2. The molecule has 0 bridgehead atoms. The number of carbonyl (C=O) groups is 2. The predicted molar refractivity (Wildman–Crippen MR) is 180 cm³/mol. The first-order chi connectivity index (χ1) is 21.2. The Morgan fingerprint density at radius 1 is 0.733 bits per heavy atom. The molecule has 10 heteroatoms. The van der Waals surface area contributed by atoms with Gasteiger partial charge in [-0.1, -0.05) is 60.0 Å². The SMILES string of the molecule is CCc1ccc(Nc2ccc(Cl)c(C)c2F)c(CC(=O)O)c1.Cc1ccc(Nc2ccc(Cl)c(C)c2F)c(CC(=O)N(C)C)c1. The van der Waals surface area contributed by atoms with Gasteiger partial charge in [-0.2, -0.15) is 0 Å². The summed E-state index contributed by atoms with van der Waals surface area (Å²) in [5, 5.41) is 15.8. The van der Waals surface area contributed by atoms with Crippen LogP contribution in [0.25, 0.3) is 0 Å². The Morgan fingerprint density at radius 3 is 1.67 bits per heavy atom. The summed E-state index contributed by atoms with van der Waals surface area (Å²) in [6.45, 7) is 7.19. The lowest BCUT2D eigenvalue weighted by Gasteiger charge is -2.16. The van der Waals surface area contributed by atoms with Gasteiger partial charge in [0.1, 0.15) is 0 Å². The highest BCUT2D eigenvalue weighted by atomic mass is 35.5. The summed E-state index contributed by atoms with van der Waals surface area (Å²) in [6, 6.07) is 17.6. The molecular formula is C35H37Cl2F2N3O3. The van der Waals surface area contributed by atoms with Crippen LogP contribution in [0.2, 0.25) is 10.0 Å². The second kappa shape index (κ2) is 15.7. The van der Waals surface area contributed by atoms with Crippen molar-refractivity contribution in [1.82, 2.24) is 4.90 Å². The zero-order valence-corrected chi connectivity index (χ0v) is 27.6. The Balaban J connectivity index is 0.000000246. The monoisotopic (exact) mass is 655 g/mol. The van der Waals surface area contributed by atoms with E-state index in [0.717, 1.165) is 23.1 Å². The van der Waals surface area contributed by atoms with Gasteiger partial charge in [-0.15, -0.1) is 0 Å². The number of carboxylic acid groups (broad SMARTS) is 1. The Kier molecular flexibility index (Phi) is 12.4. The van der Waals surface area contributed by atoms with E-state index >= 15 is 0 Å². The number of hydrogen-bond donors (Lipinski definition) is 3. The summed E-state index contributed by atoms with van der Waals surface area (Å²) < 4.78 is 28.6. The van der Waals surface area contributed by atoms with Crippen LogP contribution in [0.1, 0.15) is 40.3 Å². The van der Waals surface area contributed by atoms with E-state index in [1.807, 2.05) is 44.2 Å². The molecule has 0 aliphatic carbocycles. The van der Waals surface area contributed by atoms with E-state index in [1.54, 1.807) is 63.2 Å². The summed E-state index contributed by atoms with van der Waals surface area (Å²) in [5.41, 5.74) is 6.21. The molecule has 0 spiro atoms. The molecule has 4 rings (SSSR count). The number of benzene rings is 4. The van der Waals surface area contributed by atoms with Gasteiger partial charge in [0.25, 0.3) is 0 Å². The molecule has 0 aliphatic rings. The maximum Gasteiger partial charge on any atom is 0.307 e. The minimum absolute atomic E-state index is 0.00795. The molecule has 3 N–H and O–H groups in total. The van der Waals surface area contributed by atoms with E-state index in [-0.39, 0.29) is 30.3 Å². The van der Waals surface area contributed by atoms with E-state index in [4.69, 9.17) is 28.3 Å². The smallest absolute Gasteiger partial charge is 0.307 e. The van der Waals surface area contributed by atoms with Gasteiger partial charge in [0.15, 0.2) is 11.6 Å². The average molecular weight is 657 g/mol. The molecule has 4 aromatic carbocycles. The topological polar surface area (TPSA) is 81.7 Å². The molecule has 0 fully saturated rings. The molecule has 0 atom stereocenters. The van der Waals surface area contributed by atoms with E-state index in [2.05, 4.69) is 10.6 Å². The van der Waals surface area contributed by atoms with Crippen LogP contribution in [0, 0.1) is 32.4 Å². The highest BCUT2D eigenvalue weighted by Crippen LogP contribution is 2.31. The van der Waals surface area contributed by atoms with Gasteiger partial charge in [-0.25, -0.2) is 8.78 Å². The summed E-state index contributed by atoms with van der Waals surface area (Å²) >= 11 is 11.8. The van der Waals surface area contributed by atoms with E-state index in [0.29, 0.717) is 43.8 Å². The van der Waals surface area contributed by atoms with Gasteiger partial charge in [-0.05, 0) is 80.3 Å². The molecule has 0 radical (unpaired) electrons. The minimum Gasteiger partial charge on any atom is -0.481 e. The summed E-state index contributed by atoms with van der Waals surface area (Å²) in [6.07, 6.45) is 0.941. The molecule has 1 amide bonds. The lowest BCUT2D eigenvalue weighted by Crippen LogP contribution is -2.23. The van der Waals surface area contributed by atoms with Crippen molar-refractivity contribution < 1.29 is 23.5 Å². The number of carboxylic acids is 1. The summed E-state index contributed by atoms with van der Waals surface area (Å²) in [5.74, 6) is -1.76. The van der Waals surface area contributed by atoms with Crippen molar-refractivity contribution in [3.05, 3.63) is 116 Å². The van der Waals surface area contributed by atoms with Gasteiger partial charge in [0.05, 0.1) is 24.2 Å². The first-order valence-corrected chi connectivity index (χ1v) is 15.0. The molecular weight excluding hydrogens is 619 g/mol. The van der Waals surface area contributed by atoms with Crippen molar-refractivity contribution in [2.24, 2.45) is 0 Å². The van der Waals surface area contributed by atoms with Crippen LogP contribution in [-0.2, 0) is 28.9 Å². The fourth-order valence-electron chi connectivity index (χ4n) is 4.42. The Bertz CT molecular complexity index is 1710. The third kappa shape index (κ3) is 9.42. The maximum atomic E-state index is 14.3. The number of aliphatic carboxylic acids is 1. The van der Waals surface area contributed by atoms with Gasteiger partial charge in [0.2, 0.25) is 5.91 Å². The second-order valence-electron chi connectivity index (χ2n) is 10.9. The van der Waals surface area contributed by atoms with Crippen molar-refractivity contribution in [2.75, 3.05) is 24.7 Å². The van der Waals surface area contributed by atoms with Crippen LogP contribution >= 0.6 is 23.2 Å². The third-order valence-electron chi connectivity index (χ3n) is 7.20. The number of rotatable bonds is 9. The number of anilines is 4. The summed E-state index contributed by atoms with van der Waals surface area (Å²) in [7, 11) is 3.43. The quantitative estimate of drug-likeness (QED) is 0.167. The van der Waals surface area contributed by atoms with Gasteiger partial charge < -0.3 is 20.6 Å². The van der Waals surface area contributed by atoms with Crippen LogP contribution in [0.15, 0.2) is 60.7 Å². The number of hydrogen-bond acceptors (Lipinski definition) is 4. The Labute approximate surface area is 273 Å². The Hall–Kier alpha value is -4.14. The van der Waals surface area contributed by atoms with Crippen molar-refractivity contribution in [3.8, 4) is 0 Å². The zero-order chi connectivity index (χ0) is 33.4. The lowest BCUT2D eigenvalue weighted by atomic mass is 10.0. The number of nitrogens with one attached hydrogen (secondary N) is 2. The number of halogens is 4. The first-order valence-electron chi connectivity index (χ1n) is 14.3. The standard InChI is InChI=1S/C18H20ClFN2O.C17H17ClFNO2/c1-11-5-7-15(13(9-11)10-17(23)22(3)4)21-16-8-6-14(19)12(2)18(16)20;1-3-11-4-6-14(12(8-11)9-16(21)22)20-15-7-5-13(18)10(2)17(15)19/h5-9,21H,10H2,1-4H3;4-8,20H,3,9H2,1-2H3,(H,21,22). The fourth-order valence-corrected chi connectivity index (χ4v) is 4.71. The number of carbonyl (C=O) groups excluding carboxylic acids is 1. The molecule has 0 aliphatic heterocycles. The fraction of sp³-hybridized carbons (Fsp3) is 0.257. The largest absolute Gasteiger partial charge is 0.481 e. The summed E-state index contributed by atoms with van der Waals surface area (Å²) in [4.78, 5) is 24.6. The van der Waals surface area contributed by atoms with Gasteiger partial charge in [-0.3, -0.25) is 9.59 Å². The number of nitrogens with zero attached hydrogens (tertiary/aromatic N) is 1. The van der Waals surface area contributed by atoms with E-state index < -0.39 is 11.8 Å². The minimum atomic E-state index is -0.927. The lowest BCUT2D eigenvalue weighted by molar-refractivity contribution is -0.136. The molecule has 6 nitrogen and oxygen atoms in total. The van der Waals surface area contributed by atoms with Crippen molar-refractivity contribution >= 4 is 57.8 Å². The zero-order valence-electron chi connectivity index (χ0n) is 26.1. The van der Waals surface area contributed by atoms with Crippen molar-refractivity contribution in [1.29, 1.82) is 0 Å². The maximum absolute atomic E-state index is 14.3. The van der Waals surface area contributed by atoms with Crippen LogP contribution < -0.4 is 10.6 Å². The van der Waals surface area contributed by atoms with Crippen LogP contribution in [0.5, 0.6) is 0 Å². The Morgan fingerprint density at radius 2 is 1.20 bits per heavy atom. The van der Waals surface area contributed by atoms with E-state index in [1.165, 1.54) is 0 Å². The molecule has 0 saturated heterocycles. The highest BCUT2D eigenvalue weighted by molar-refractivity contribution is 6.31. The molecule has 45 heavy (non-hydrogen) atoms. The molecule has 0 heterocycles. The highest BCUT2D eigenvalue weighted by Gasteiger charge is 2.15. The number of likely N-dealkylation sites (N-methyl/N-ethyl adjacent to an activating group) is 1. The van der Waals surface area contributed by atoms with Crippen LogP contribution in [0.4, 0.5) is 31.5 Å². The first kappa shape index (κ1) is 35.3. The predicted octanol–water partition coefficient (Wildman–Crippen LogP) is 9.19. The van der Waals surface area contributed by atoms with Crippen molar-refractivity contribution in [3.63, 3.8) is 0 Å². The third-order valence-corrected chi connectivity index (χ3v) is 8.02.